The number of nitrogens with zero attached hydrogens (tertiary/aromatic N) is 2. The van der Waals surface area contributed by atoms with E-state index in [-0.39, 0.29) is 34.7 Å². The van der Waals surface area contributed by atoms with Crippen LogP contribution in [-0.2, 0) is 14.2 Å². The van der Waals surface area contributed by atoms with Gasteiger partial charge in [0.1, 0.15) is 28.8 Å². The smallest absolute Gasteiger partial charge is 0.345 e. The SMILES string of the molecule is Cc1cccc(C)c1[C@@H]1OC[C@@]2(C)C3C[C@H](OC(=O)c4ccc(C#N)cc4)[C@@]4(C)Oc5cc(-c6cccnc6)oc(=O)c5C(O)C4[C@@]3(C)CC[C@@H]2O1. The van der Waals surface area contributed by atoms with E-state index in [9.17, 15) is 20.0 Å². The minimum absolute atomic E-state index is 0.0488. The van der Waals surface area contributed by atoms with Crippen molar-refractivity contribution in [1.82, 2.24) is 4.98 Å². The number of rotatable bonds is 4. The number of carbonyl (C=O) groups excluding carboxylic acids is 1. The lowest BCUT2D eigenvalue weighted by Crippen LogP contribution is -2.72. The number of nitriles is 1. The zero-order valence-electron chi connectivity index (χ0n) is 29.9. The average molecular weight is 703 g/mol. The van der Waals surface area contributed by atoms with Crippen LogP contribution in [0, 0.1) is 47.8 Å². The summed E-state index contributed by atoms with van der Waals surface area (Å²) in [6, 6.07) is 19.6. The number of aryl methyl sites for hydroxylation is 2. The molecule has 268 valence electrons. The molecule has 8 rings (SSSR count). The highest BCUT2D eigenvalue weighted by atomic mass is 16.7. The van der Waals surface area contributed by atoms with Crippen LogP contribution in [0.3, 0.4) is 0 Å². The van der Waals surface area contributed by atoms with Gasteiger partial charge in [-0.25, -0.2) is 9.59 Å². The van der Waals surface area contributed by atoms with Crippen LogP contribution in [0.2, 0.25) is 0 Å². The maximum atomic E-state index is 13.9. The van der Waals surface area contributed by atoms with Gasteiger partial charge in [-0.1, -0.05) is 32.0 Å². The fourth-order valence-electron chi connectivity index (χ4n) is 10.1. The Morgan fingerprint density at radius 3 is 2.46 bits per heavy atom. The minimum Gasteiger partial charge on any atom is -0.482 e. The molecule has 9 atom stereocenters. The third-order valence-electron chi connectivity index (χ3n) is 12.6. The van der Waals surface area contributed by atoms with Gasteiger partial charge >= 0.3 is 11.6 Å². The first kappa shape index (κ1) is 34.3. The van der Waals surface area contributed by atoms with E-state index in [4.69, 9.17) is 23.4 Å². The number of carbonyl (C=O) groups is 1. The van der Waals surface area contributed by atoms with Gasteiger partial charge in [-0.05, 0) is 98.9 Å². The van der Waals surface area contributed by atoms with Crippen molar-refractivity contribution in [3.63, 3.8) is 0 Å². The van der Waals surface area contributed by atoms with Crippen LogP contribution in [-0.4, -0.2) is 40.5 Å². The van der Waals surface area contributed by atoms with E-state index < -0.39 is 52.4 Å². The summed E-state index contributed by atoms with van der Waals surface area (Å²) < 4.78 is 32.5. The molecule has 0 spiro atoms. The molecule has 2 aromatic carbocycles. The number of ether oxygens (including phenoxy) is 4. The highest BCUT2D eigenvalue weighted by molar-refractivity contribution is 5.89. The molecule has 0 bridgehead atoms. The molecule has 3 fully saturated rings. The molecule has 0 amide bonds. The van der Waals surface area contributed by atoms with Crippen molar-refractivity contribution in [2.24, 2.45) is 22.7 Å². The lowest BCUT2D eigenvalue weighted by Gasteiger charge is -2.67. The van der Waals surface area contributed by atoms with Crippen LogP contribution >= 0.6 is 0 Å². The first-order valence-corrected chi connectivity index (χ1v) is 17.9. The van der Waals surface area contributed by atoms with Gasteiger partial charge in [0.05, 0.1) is 36.0 Å². The van der Waals surface area contributed by atoms with Gasteiger partial charge in [-0.3, -0.25) is 4.98 Å². The van der Waals surface area contributed by atoms with Crippen LogP contribution in [0.15, 0.2) is 82.3 Å². The Morgan fingerprint density at radius 2 is 1.77 bits per heavy atom. The van der Waals surface area contributed by atoms with E-state index in [1.165, 1.54) is 0 Å². The number of pyridine rings is 1. The summed E-state index contributed by atoms with van der Waals surface area (Å²) >= 11 is 0. The molecule has 2 aliphatic carbocycles. The number of aliphatic hydroxyl groups is 1. The summed E-state index contributed by atoms with van der Waals surface area (Å²) in [4.78, 5) is 31.8. The van der Waals surface area contributed by atoms with Gasteiger partial charge < -0.3 is 28.5 Å². The zero-order valence-corrected chi connectivity index (χ0v) is 29.9. The molecule has 10 nitrogen and oxygen atoms in total. The second-order valence-electron chi connectivity index (χ2n) is 15.6. The van der Waals surface area contributed by atoms with Crippen molar-refractivity contribution in [3.05, 3.63) is 117 Å². The van der Waals surface area contributed by atoms with Crippen molar-refractivity contribution in [2.45, 2.75) is 84.1 Å². The number of esters is 1. The molecule has 3 unspecified atom stereocenters. The number of hydrogen-bond acceptors (Lipinski definition) is 10. The van der Waals surface area contributed by atoms with Crippen LogP contribution in [0.1, 0.15) is 90.6 Å². The highest BCUT2D eigenvalue weighted by Crippen LogP contribution is 2.68. The molecule has 2 saturated carbocycles. The molecule has 1 N–H and O–H groups in total. The third-order valence-corrected chi connectivity index (χ3v) is 12.6. The summed E-state index contributed by atoms with van der Waals surface area (Å²) in [6.45, 7) is 10.7. The highest BCUT2D eigenvalue weighted by Gasteiger charge is 2.71. The maximum Gasteiger partial charge on any atom is 0.345 e. The second-order valence-corrected chi connectivity index (χ2v) is 15.6. The first-order chi connectivity index (χ1) is 24.9. The quantitative estimate of drug-likeness (QED) is 0.218. The monoisotopic (exact) mass is 702 g/mol. The number of aliphatic hydroxyl groups excluding tert-OH is 1. The Kier molecular flexibility index (Phi) is 8.18. The van der Waals surface area contributed by atoms with Crippen molar-refractivity contribution >= 4 is 5.97 Å². The Morgan fingerprint density at radius 1 is 1.02 bits per heavy atom. The number of benzene rings is 2. The summed E-state index contributed by atoms with van der Waals surface area (Å²) in [7, 11) is 0. The van der Waals surface area contributed by atoms with Crippen LogP contribution in [0.25, 0.3) is 11.3 Å². The van der Waals surface area contributed by atoms with Gasteiger partial charge in [0.25, 0.3) is 0 Å². The molecule has 52 heavy (non-hydrogen) atoms. The Labute approximate surface area is 302 Å². The number of hydrogen-bond donors (Lipinski definition) is 1. The van der Waals surface area contributed by atoms with Crippen LogP contribution in [0.5, 0.6) is 5.75 Å². The van der Waals surface area contributed by atoms with E-state index in [1.54, 1.807) is 54.9 Å². The molecule has 4 aliphatic rings. The van der Waals surface area contributed by atoms with E-state index >= 15 is 0 Å². The molecule has 2 aliphatic heterocycles. The Balaban J connectivity index is 1.21. The molecule has 2 aromatic heterocycles. The predicted molar refractivity (Wildman–Crippen MR) is 189 cm³/mol. The lowest BCUT2D eigenvalue weighted by atomic mass is 9.42. The van der Waals surface area contributed by atoms with Crippen LogP contribution in [0.4, 0.5) is 0 Å². The lowest BCUT2D eigenvalue weighted by molar-refractivity contribution is -0.330. The van der Waals surface area contributed by atoms with E-state index in [2.05, 4.69) is 50.9 Å². The molecule has 0 radical (unpaired) electrons. The predicted octanol–water partition coefficient (Wildman–Crippen LogP) is 7.16. The fourth-order valence-corrected chi connectivity index (χ4v) is 10.1. The average Bonchev–Trinajstić information content (AvgIpc) is 3.12. The molecular formula is C42H42N2O8. The number of fused-ring (bicyclic) bond motifs is 6. The van der Waals surface area contributed by atoms with E-state index in [0.717, 1.165) is 16.7 Å². The maximum absolute atomic E-state index is 13.9. The molecule has 4 heterocycles. The Hall–Kier alpha value is -4.82. The minimum atomic E-state index is -1.29. The summed E-state index contributed by atoms with van der Waals surface area (Å²) in [6.07, 6.45) is 2.15. The van der Waals surface area contributed by atoms with Crippen molar-refractivity contribution in [3.8, 4) is 23.1 Å². The number of aromatic nitrogens is 1. The fraction of sp³-hybridized carbons (Fsp3) is 0.429. The largest absolute Gasteiger partial charge is 0.482 e. The van der Waals surface area contributed by atoms with Crippen molar-refractivity contribution in [1.29, 1.82) is 5.26 Å². The van der Waals surface area contributed by atoms with Gasteiger partial charge in [0.15, 0.2) is 6.29 Å². The van der Waals surface area contributed by atoms with Gasteiger partial charge in [-0.15, -0.1) is 0 Å². The molecule has 4 aromatic rings. The van der Waals surface area contributed by atoms with Crippen molar-refractivity contribution < 1.29 is 33.3 Å². The standard InChI is InChI=1S/C42H42N2O8/c1-23-8-6-9-24(2)33(23)39-48-22-41(4)30-19-32(50-37(46)26-13-11-25(20-43)12-14-26)42(5)36(40(30,3)16-15-31(41)51-39)35(45)34-29(52-42)18-28(49-38(34)47)27-10-7-17-44-21-27/h6-14,17-18,21,30-32,35-36,39,45H,15-16,19,22H2,1-5H3/t30?,31-,32-,35?,36?,39+,40-,41-,42+/m0/s1. The van der Waals surface area contributed by atoms with Gasteiger partial charge in [-0.2, -0.15) is 5.26 Å². The van der Waals surface area contributed by atoms with Gasteiger partial charge in [0, 0.05) is 40.9 Å². The van der Waals surface area contributed by atoms with E-state index in [0.29, 0.717) is 37.0 Å². The van der Waals surface area contributed by atoms with E-state index in [1.807, 2.05) is 13.0 Å². The molecule has 10 heteroatoms. The topological polar surface area (TPSA) is 141 Å². The van der Waals surface area contributed by atoms with Crippen LogP contribution < -0.4 is 10.4 Å². The molecular weight excluding hydrogens is 660 g/mol. The van der Waals surface area contributed by atoms with Gasteiger partial charge in [0.2, 0.25) is 0 Å². The summed E-state index contributed by atoms with van der Waals surface area (Å²) in [5.74, 6) is -0.986. The Bertz CT molecular complexity index is 2120. The second kappa shape index (κ2) is 12.4. The summed E-state index contributed by atoms with van der Waals surface area (Å²) in [5, 5.41) is 21.8. The normalized spacial score (nSPS) is 33.2. The summed E-state index contributed by atoms with van der Waals surface area (Å²) in [5.41, 5.74) is 1.51. The zero-order chi connectivity index (χ0) is 36.6. The van der Waals surface area contributed by atoms with Crippen molar-refractivity contribution in [2.75, 3.05) is 6.61 Å². The molecule has 1 saturated heterocycles. The third kappa shape index (κ3) is 5.20. The first-order valence-electron chi connectivity index (χ1n) is 17.9.